The molecule has 3 rings (SSSR count). The standard InChI is InChI=1S/C18H18BrNO/c1-12-14(8-5-9-16(12)19)18(21)20(2)17-11-10-13-6-3-4-7-15(13)17/h3-9,17H,10-11H2,1-2H3. The van der Waals surface area contributed by atoms with Crippen LogP contribution in [0, 0.1) is 6.92 Å². The average molecular weight is 344 g/mol. The number of carbonyl (C=O) groups excluding carboxylic acids is 1. The van der Waals surface area contributed by atoms with Gasteiger partial charge in [0.15, 0.2) is 0 Å². The van der Waals surface area contributed by atoms with Crippen LogP contribution in [-0.4, -0.2) is 17.9 Å². The molecular weight excluding hydrogens is 326 g/mol. The Morgan fingerprint density at radius 1 is 1.19 bits per heavy atom. The lowest BCUT2D eigenvalue weighted by molar-refractivity contribution is 0.0730. The predicted octanol–water partition coefficient (Wildman–Crippen LogP) is 4.52. The van der Waals surface area contributed by atoms with Gasteiger partial charge in [0.05, 0.1) is 6.04 Å². The van der Waals surface area contributed by atoms with Crippen LogP contribution in [0.5, 0.6) is 0 Å². The largest absolute Gasteiger partial charge is 0.335 e. The number of nitrogens with zero attached hydrogens (tertiary/aromatic N) is 1. The van der Waals surface area contributed by atoms with E-state index in [1.54, 1.807) is 0 Å². The topological polar surface area (TPSA) is 20.3 Å². The molecule has 0 saturated carbocycles. The summed E-state index contributed by atoms with van der Waals surface area (Å²) in [4.78, 5) is 14.7. The number of carbonyl (C=O) groups is 1. The van der Waals surface area contributed by atoms with Crippen molar-refractivity contribution in [3.63, 3.8) is 0 Å². The maximum Gasteiger partial charge on any atom is 0.254 e. The van der Waals surface area contributed by atoms with Gasteiger partial charge >= 0.3 is 0 Å². The average Bonchev–Trinajstić information content (AvgIpc) is 2.92. The maximum absolute atomic E-state index is 12.8. The van der Waals surface area contributed by atoms with Gasteiger partial charge in [-0.3, -0.25) is 4.79 Å². The van der Waals surface area contributed by atoms with Crippen LogP contribution in [0.4, 0.5) is 0 Å². The molecule has 2 aromatic rings. The van der Waals surface area contributed by atoms with Crippen molar-refractivity contribution in [2.24, 2.45) is 0 Å². The van der Waals surface area contributed by atoms with Crippen molar-refractivity contribution in [1.29, 1.82) is 0 Å². The van der Waals surface area contributed by atoms with E-state index in [9.17, 15) is 4.79 Å². The molecule has 1 aliphatic rings. The van der Waals surface area contributed by atoms with Crippen molar-refractivity contribution in [3.8, 4) is 0 Å². The quantitative estimate of drug-likeness (QED) is 0.785. The molecule has 2 nitrogen and oxygen atoms in total. The zero-order valence-electron chi connectivity index (χ0n) is 12.3. The molecule has 0 fully saturated rings. The smallest absolute Gasteiger partial charge is 0.254 e. The van der Waals surface area contributed by atoms with E-state index in [0.29, 0.717) is 0 Å². The Bertz CT molecular complexity index is 695. The van der Waals surface area contributed by atoms with Crippen molar-refractivity contribution < 1.29 is 4.79 Å². The van der Waals surface area contributed by atoms with Crippen molar-refractivity contribution in [2.45, 2.75) is 25.8 Å². The fourth-order valence-electron chi connectivity index (χ4n) is 3.11. The van der Waals surface area contributed by atoms with Crippen LogP contribution in [0.25, 0.3) is 0 Å². The third kappa shape index (κ3) is 2.51. The first-order valence-electron chi connectivity index (χ1n) is 7.19. The van der Waals surface area contributed by atoms with Gasteiger partial charge < -0.3 is 4.90 Å². The lowest BCUT2D eigenvalue weighted by Gasteiger charge is -2.26. The van der Waals surface area contributed by atoms with Crippen molar-refractivity contribution in [3.05, 3.63) is 69.2 Å². The first kappa shape index (κ1) is 14.3. The molecule has 1 aliphatic carbocycles. The van der Waals surface area contributed by atoms with Crippen molar-refractivity contribution >= 4 is 21.8 Å². The number of hydrogen-bond acceptors (Lipinski definition) is 1. The van der Waals surface area contributed by atoms with Gasteiger partial charge in [-0.05, 0) is 48.6 Å². The summed E-state index contributed by atoms with van der Waals surface area (Å²) in [6.07, 6.45) is 2.06. The highest BCUT2D eigenvalue weighted by Gasteiger charge is 2.29. The minimum atomic E-state index is 0.0931. The second-order valence-electron chi connectivity index (χ2n) is 5.58. The zero-order chi connectivity index (χ0) is 15.0. The van der Waals surface area contributed by atoms with Gasteiger partial charge in [-0.2, -0.15) is 0 Å². The Balaban J connectivity index is 1.91. The molecule has 0 saturated heterocycles. The lowest BCUT2D eigenvalue weighted by Crippen LogP contribution is -2.30. The number of hydrogen-bond donors (Lipinski definition) is 0. The van der Waals surface area contributed by atoms with Crippen LogP contribution in [0.1, 0.15) is 39.5 Å². The summed E-state index contributed by atoms with van der Waals surface area (Å²) < 4.78 is 0.980. The Hall–Kier alpha value is -1.61. The molecule has 2 aromatic carbocycles. The molecule has 1 amide bonds. The molecule has 0 N–H and O–H groups in total. The second-order valence-corrected chi connectivity index (χ2v) is 6.44. The molecule has 3 heteroatoms. The third-order valence-electron chi connectivity index (χ3n) is 4.39. The summed E-state index contributed by atoms with van der Waals surface area (Å²) in [5, 5.41) is 0. The first-order valence-corrected chi connectivity index (χ1v) is 7.99. The molecule has 1 atom stereocenters. The Morgan fingerprint density at radius 2 is 1.95 bits per heavy atom. The van der Waals surface area contributed by atoms with E-state index in [1.807, 2.05) is 37.1 Å². The SMILES string of the molecule is Cc1c(Br)cccc1C(=O)N(C)C1CCc2ccccc21. The molecule has 0 bridgehead atoms. The number of fused-ring (bicyclic) bond motifs is 1. The van der Waals surface area contributed by atoms with Crippen LogP contribution in [-0.2, 0) is 6.42 Å². The van der Waals surface area contributed by atoms with Crippen molar-refractivity contribution in [1.82, 2.24) is 4.90 Å². The van der Waals surface area contributed by atoms with Crippen LogP contribution in [0.3, 0.4) is 0 Å². The van der Waals surface area contributed by atoms with E-state index in [1.165, 1.54) is 11.1 Å². The minimum Gasteiger partial charge on any atom is -0.335 e. The second kappa shape index (κ2) is 5.64. The number of halogens is 1. The Kier molecular flexibility index (Phi) is 3.85. The number of aryl methyl sites for hydroxylation is 1. The molecule has 0 spiro atoms. The molecule has 1 unspecified atom stereocenters. The van der Waals surface area contributed by atoms with Crippen LogP contribution in [0.15, 0.2) is 46.9 Å². The summed E-state index contributed by atoms with van der Waals surface area (Å²) in [6, 6.07) is 14.4. The summed E-state index contributed by atoms with van der Waals surface area (Å²) in [7, 11) is 1.91. The van der Waals surface area contributed by atoms with E-state index in [4.69, 9.17) is 0 Å². The summed E-state index contributed by atoms with van der Waals surface area (Å²) in [5.41, 5.74) is 4.44. The summed E-state index contributed by atoms with van der Waals surface area (Å²) in [5.74, 6) is 0.0931. The van der Waals surface area contributed by atoms with Gasteiger partial charge in [0.2, 0.25) is 0 Å². The van der Waals surface area contributed by atoms with E-state index in [-0.39, 0.29) is 11.9 Å². The van der Waals surface area contributed by atoms with E-state index < -0.39 is 0 Å². The van der Waals surface area contributed by atoms with E-state index in [2.05, 4.69) is 40.2 Å². The number of rotatable bonds is 2. The minimum absolute atomic E-state index is 0.0931. The van der Waals surface area contributed by atoms with Gasteiger partial charge in [-0.1, -0.05) is 46.3 Å². The van der Waals surface area contributed by atoms with E-state index in [0.717, 1.165) is 28.4 Å². The first-order chi connectivity index (χ1) is 10.1. The number of amides is 1. The zero-order valence-corrected chi connectivity index (χ0v) is 13.9. The lowest BCUT2D eigenvalue weighted by atomic mass is 10.0. The third-order valence-corrected chi connectivity index (χ3v) is 5.25. The monoisotopic (exact) mass is 343 g/mol. The van der Waals surface area contributed by atoms with Gasteiger partial charge in [0.1, 0.15) is 0 Å². The predicted molar refractivity (Wildman–Crippen MR) is 88.5 cm³/mol. The van der Waals surface area contributed by atoms with Crippen molar-refractivity contribution in [2.75, 3.05) is 7.05 Å². The Morgan fingerprint density at radius 3 is 2.76 bits per heavy atom. The van der Waals surface area contributed by atoms with Crippen LogP contribution in [0.2, 0.25) is 0 Å². The van der Waals surface area contributed by atoms with Gasteiger partial charge in [0.25, 0.3) is 5.91 Å². The molecule has 0 radical (unpaired) electrons. The van der Waals surface area contributed by atoms with Gasteiger partial charge in [-0.25, -0.2) is 0 Å². The fraction of sp³-hybridized carbons (Fsp3) is 0.278. The molecule has 0 aliphatic heterocycles. The summed E-state index contributed by atoms with van der Waals surface area (Å²) in [6.45, 7) is 1.98. The Labute approximate surface area is 133 Å². The highest BCUT2D eigenvalue weighted by molar-refractivity contribution is 9.10. The number of benzene rings is 2. The van der Waals surface area contributed by atoms with Gasteiger partial charge in [-0.15, -0.1) is 0 Å². The molecule has 21 heavy (non-hydrogen) atoms. The normalized spacial score (nSPS) is 16.6. The van der Waals surface area contributed by atoms with Gasteiger partial charge in [0, 0.05) is 17.1 Å². The molecule has 0 heterocycles. The molecule has 0 aromatic heterocycles. The maximum atomic E-state index is 12.8. The van der Waals surface area contributed by atoms with E-state index >= 15 is 0 Å². The van der Waals surface area contributed by atoms with Crippen LogP contribution < -0.4 is 0 Å². The highest BCUT2D eigenvalue weighted by atomic mass is 79.9. The van der Waals surface area contributed by atoms with Crippen LogP contribution >= 0.6 is 15.9 Å². The fourth-order valence-corrected chi connectivity index (χ4v) is 3.47. The molecular formula is C18H18BrNO. The highest BCUT2D eigenvalue weighted by Crippen LogP contribution is 2.35. The molecule has 108 valence electrons. The summed E-state index contributed by atoms with van der Waals surface area (Å²) >= 11 is 3.50.